The Balaban J connectivity index is 2.55. The van der Waals surface area contributed by atoms with Crippen LogP contribution < -0.4 is 5.32 Å². The molecule has 1 heterocycles. The maximum Gasteiger partial charge on any atom is 0.221 e. The summed E-state index contributed by atoms with van der Waals surface area (Å²) in [7, 11) is 0. The van der Waals surface area contributed by atoms with E-state index in [1.165, 1.54) is 12.1 Å². The molecule has 0 aliphatic carbocycles. The maximum atomic E-state index is 13.8. The monoisotopic (exact) mass is 239 g/mol. The van der Waals surface area contributed by atoms with Gasteiger partial charge in [0, 0.05) is 23.4 Å². The van der Waals surface area contributed by atoms with Crippen LogP contribution in [0.2, 0.25) is 0 Å². The van der Waals surface area contributed by atoms with E-state index in [1.807, 2.05) is 20.8 Å². The van der Waals surface area contributed by atoms with Gasteiger partial charge >= 0.3 is 0 Å². The highest BCUT2D eigenvalue weighted by atomic mass is 19.1. The number of halogens is 2. The highest BCUT2D eigenvalue weighted by molar-refractivity contribution is 5.82. The van der Waals surface area contributed by atoms with E-state index in [1.54, 1.807) is 0 Å². The fraction of sp³-hybridized carbons (Fsp3) is 0.462. The summed E-state index contributed by atoms with van der Waals surface area (Å²) in [5.41, 5.74) is -0.841. The number of hydrogen-bond donors (Lipinski definition) is 1. The Morgan fingerprint density at radius 2 is 1.88 bits per heavy atom. The first-order chi connectivity index (χ1) is 7.76. The molecule has 0 saturated carbocycles. The minimum Gasteiger partial charge on any atom is -0.350 e. The summed E-state index contributed by atoms with van der Waals surface area (Å²) in [6, 6.07) is 3.51. The van der Waals surface area contributed by atoms with E-state index in [0.29, 0.717) is 5.56 Å². The van der Waals surface area contributed by atoms with Gasteiger partial charge in [0.1, 0.15) is 11.6 Å². The molecule has 2 nitrogen and oxygen atoms in total. The molecule has 1 aliphatic rings. The molecular formula is C13H15F2NO. The molecule has 1 saturated heterocycles. The summed E-state index contributed by atoms with van der Waals surface area (Å²) < 4.78 is 26.7. The van der Waals surface area contributed by atoms with E-state index in [2.05, 4.69) is 5.32 Å². The van der Waals surface area contributed by atoms with E-state index in [-0.39, 0.29) is 12.3 Å². The molecule has 1 aliphatic heterocycles. The largest absolute Gasteiger partial charge is 0.350 e. The Hall–Kier alpha value is -1.45. The quantitative estimate of drug-likeness (QED) is 0.801. The van der Waals surface area contributed by atoms with Gasteiger partial charge in [-0.2, -0.15) is 0 Å². The molecule has 1 aromatic carbocycles. The Labute approximate surface area is 99.0 Å². The third-order valence-electron chi connectivity index (χ3n) is 3.87. The van der Waals surface area contributed by atoms with Gasteiger partial charge in [0.15, 0.2) is 0 Å². The molecule has 92 valence electrons. The minimum absolute atomic E-state index is 0.110. The van der Waals surface area contributed by atoms with Crippen molar-refractivity contribution >= 4 is 5.91 Å². The van der Waals surface area contributed by atoms with Crippen LogP contribution in [0.3, 0.4) is 0 Å². The molecule has 1 N–H and O–H groups in total. The van der Waals surface area contributed by atoms with E-state index < -0.39 is 22.6 Å². The van der Waals surface area contributed by atoms with Gasteiger partial charge in [-0.3, -0.25) is 4.79 Å². The van der Waals surface area contributed by atoms with Gasteiger partial charge in [0.05, 0.1) is 0 Å². The molecule has 0 spiro atoms. The van der Waals surface area contributed by atoms with Crippen molar-refractivity contribution in [1.29, 1.82) is 0 Å². The second-order valence-electron chi connectivity index (χ2n) is 5.31. The number of amides is 1. The van der Waals surface area contributed by atoms with E-state index in [0.717, 1.165) is 6.07 Å². The van der Waals surface area contributed by atoms with Crippen LogP contribution in [-0.2, 0) is 10.2 Å². The lowest BCUT2D eigenvalue weighted by Crippen LogP contribution is -2.48. The van der Waals surface area contributed by atoms with Crippen LogP contribution >= 0.6 is 0 Å². The summed E-state index contributed by atoms with van der Waals surface area (Å²) in [6.07, 6.45) is 0.211. The fourth-order valence-corrected chi connectivity index (χ4v) is 2.44. The van der Waals surface area contributed by atoms with Crippen LogP contribution in [0.4, 0.5) is 8.78 Å². The van der Waals surface area contributed by atoms with Gasteiger partial charge in [-0.15, -0.1) is 0 Å². The number of carbonyl (C=O) groups is 1. The summed E-state index contributed by atoms with van der Waals surface area (Å²) in [5.74, 6) is -1.32. The van der Waals surface area contributed by atoms with Crippen LogP contribution in [0.25, 0.3) is 0 Å². The standard InChI is InChI=1S/C13H15F2NO/c1-12(2)13(3,7-11(17)16-12)9-5-4-8(14)6-10(9)15/h4-6H,7H2,1-3H3,(H,16,17). The van der Waals surface area contributed by atoms with Crippen LogP contribution in [0.15, 0.2) is 18.2 Å². The second-order valence-corrected chi connectivity index (χ2v) is 5.31. The Morgan fingerprint density at radius 1 is 1.24 bits per heavy atom. The van der Waals surface area contributed by atoms with Gasteiger partial charge in [-0.25, -0.2) is 8.78 Å². The van der Waals surface area contributed by atoms with Crippen LogP contribution in [0, 0.1) is 11.6 Å². The number of nitrogens with one attached hydrogen (secondary N) is 1. The lowest BCUT2D eigenvalue weighted by Gasteiger charge is -2.37. The predicted molar refractivity (Wildman–Crippen MR) is 60.5 cm³/mol. The average Bonchev–Trinajstić information content (AvgIpc) is 2.34. The molecule has 0 radical (unpaired) electrons. The first-order valence-corrected chi connectivity index (χ1v) is 5.53. The summed E-state index contributed by atoms with van der Waals surface area (Å²) in [5, 5.41) is 2.82. The van der Waals surface area contributed by atoms with Crippen LogP contribution in [0.5, 0.6) is 0 Å². The molecule has 0 aromatic heterocycles. The molecule has 1 aromatic rings. The Bertz CT molecular complexity index is 484. The van der Waals surface area contributed by atoms with E-state index in [4.69, 9.17) is 0 Å². The summed E-state index contributed by atoms with van der Waals surface area (Å²) in [4.78, 5) is 11.5. The van der Waals surface area contributed by atoms with Crippen molar-refractivity contribution in [3.8, 4) is 0 Å². The zero-order valence-corrected chi connectivity index (χ0v) is 10.1. The van der Waals surface area contributed by atoms with Crippen LogP contribution in [-0.4, -0.2) is 11.4 Å². The van der Waals surface area contributed by atoms with Crippen molar-refractivity contribution in [2.24, 2.45) is 0 Å². The number of benzene rings is 1. The molecule has 0 bridgehead atoms. The van der Waals surface area contributed by atoms with Crippen molar-refractivity contribution in [2.75, 3.05) is 0 Å². The summed E-state index contributed by atoms with van der Waals surface area (Å²) >= 11 is 0. The van der Waals surface area contributed by atoms with Gasteiger partial charge in [0.25, 0.3) is 0 Å². The number of rotatable bonds is 1. The third-order valence-corrected chi connectivity index (χ3v) is 3.87. The van der Waals surface area contributed by atoms with Crippen molar-refractivity contribution < 1.29 is 13.6 Å². The molecule has 1 amide bonds. The van der Waals surface area contributed by atoms with E-state index in [9.17, 15) is 13.6 Å². The molecule has 1 atom stereocenters. The van der Waals surface area contributed by atoms with Crippen LogP contribution in [0.1, 0.15) is 32.8 Å². The number of carbonyl (C=O) groups excluding carboxylic acids is 1. The normalized spacial score (nSPS) is 27.0. The summed E-state index contributed by atoms with van der Waals surface area (Å²) in [6.45, 7) is 5.52. The highest BCUT2D eigenvalue weighted by Crippen LogP contribution is 2.43. The first-order valence-electron chi connectivity index (χ1n) is 5.53. The highest BCUT2D eigenvalue weighted by Gasteiger charge is 2.51. The smallest absolute Gasteiger partial charge is 0.221 e. The lowest BCUT2D eigenvalue weighted by molar-refractivity contribution is -0.119. The molecule has 2 rings (SSSR count). The lowest BCUT2D eigenvalue weighted by atomic mass is 9.69. The zero-order valence-electron chi connectivity index (χ0n) is 10.1. The minimum atomic E-state index is -0.665. The number of hydrogen-bond acceptors (Lipinski definition) is 1. The first kappa shape index (κ1) is 12.0. The second kappa shape index (κ2) is 3.52. The fourth-order valence-electron chi connectivity index (χ4n) is 2.44. The molecule has 4 heteroatoms. The van der Waals surface area contributed by atoms with Crippen molar-refractivity contribution in [3.05, 3.63) is 35.4 Å². The SMILES string of the molecule is CC1(C)NC(=O)CC1(C)c1ccc(F)cc1F. The molecule has 1 unspecified atom stereocenters. The van der Waals surface area contributed by atoms with E-state index >= 15 is 0 Å². The molecule has 17 heavy (non-hydrogen) atoms. The van der Waals surface area contributed by atoms with Crippen molar-refractivity contribution in [3.63, 3.8) is 0 Å². The van der Waals surface area contributed by atoms with Gasteiger partial charge in [0.2, 0.25) is 5.91 Å². The topological polar surface area (TPSA) is 29.1 Å². The average molecular weight is 239 g/mol. The molecule has 1 fully saturated rings. The van der Waals surface area contributed by atoms with Gasteiger partial charge < -0.3 is 5.32 Å². The van der Waals surface area contributed by atoms with Crippen molar-refractivity contribution in [1.82, 2.24) is 5.32 Å². The third kappa shape index (κ3) is 1.72. The Morgan fingerprint density at radius 3 is 2.35 bits per heavy atom. The Kier molecular flexibility index (Phi) is 2.49. The van der Waals surface area contributed by atoms with Gasteiger partial charge in [-0.05, 0) is 25.5 Å². The molecular weight excluding hydrogens is 224 g/mol. The predicted octanol–water partition coefficient (Wildman–Crippen LogP) is 2.52. The maximum absolute atomic E-state index is 13.8. The zero-order chi connectivity index (χ0) is 12.8. The van der Waals surface area contributed by atoms with Gasteiger partial charge in [-0.1, -0.05) is 13.0 Å². The van der Waals surface area contributed by atoms with Crippen molar-refractivity contribution in [2.45, 2.75) is 38.1 Å².